The topological polar surface area (TPSA) is 62.5 Å². The molecule has 1 fully saturated rings. The van der Waals surface area contributed by atoms with Gasteiger partial charge in [-0.15, -0.1) is 0 Å². The van der Waals surface area contributed by atoms with Gasteiger partial charge in [-0.1, -0.05) is 0 Å². The number of carbonyl (C=O) groups excluding carboxylic acids is 1. The highest BCUT2D eigenvalue weighted by atomic mass is 16.2. The summed E-state index contributed by atoms with van der Waals surface area (Å²) >= 11 is 0. The van der Waals surface area contributed by atoms with Crippen LogP contribution in [-0.4, -0.2) is 52.9 Å². The molecule has 2 N–H and O–H groups in total. The lowest BCUT2D eigenvalue weighted by Gasteiger charge is -2.37. The minimum Gasteiger partial charge on any atom is -0.398 e. The summed E-state index contributed by atoms with van der Waals surface area (Å²) in [4.78, 5) is 20.5. The minimum atomic E-state index is -0.0102. The molecule has 1 aliphatic heterocycles. The molecule has 0 aliphatic carbocycles. The van der Waals surface area contributed by atoms with Crippen molar-refractivity contribution in [3.8, 4) is 0 Å². The fourth-order valence-corrected chi connectivity index (χ4v) is 2.20. The third-order valence-electron chi connectivity index (χ3n) is 3.42. The molecule has 0 saturated carbocycles. The number of nitrogen functional groups attached to an aromatic ring is 1. The van der Waals surface area contributed by atoms with Crippen LogP contribution in [0.5, 0.6) is 0 Å². The lowest BCUT2D eigenvalue weighted by Crippen LogP contribution is -2.50. The Bertz CT molecular complexity index is 425. The van der Waals surface area contributed by atoms with E-state index in [1.807, 2.05) is 4.90 Å². The molecule has 0 unspecified atom stereocenters. The van der Waals surface area contributed by atoms with Gasteiger partial charge in [0.2, 0.25) is 0 Å². The fourth-order valence-electron chi connectivity index (χ4n) is 2.20. The highest BCUT2D eigenvalue weighted by Crippen LogP contribution is 2.14. The third kappa shape index (κ3) is 2.61. The molecule has 1 saturated heterocycles. The van der Waals surface area contributed by atoms with E-state index in [1.54, 1.807) is 18.5 Å². The molecule has 18 heavy (non-hydrogen) atoms. The van der Waals surface area contributed by atoms with Crippen molar-refractivity contribution in [3.63, 3.8) is 0 Å². The molecule has 5 nitrogen and oxygen atoms in total. The van der Waals surface area contributed by atoms with Crippen molar-refractivity contribution in [2.75, 3.05) is 31.9 Å². The summed E-state index contributed by atoms with van der Waals surface area (Å²) in [5, 5.41) is 0. The van der Waals surface area contributed by atoms with Crippen molar-refractivity contribution in [1.29, 1.82) is 0 Å². The summed E-state index contributed by atoms with van der Waals surface area (Å²) in [6, 6.07) is 2.20. The van der Waals surface area contributed by atoms with Crippen LogP contribution in [0.4, 0.5) is 5.69 Å². The number of anilines is 1. The van der Waals surface area contributed by atoms with E-state index in [0.717, 1.165) is 26.2 Å². The van der Waals surface area contributed by atoms with Crippen molar-refractivity contribution < 1.29 is 4.79 Å². The molecule has 98 valence electrons. The lowest BCUT2D eigenvalue weighted by molar-refractivity contribution is 0.0596. The van der Waals surface area contributed by atoms with Crippen molar-refractivity contribution in [2.45, 2.75) is 19.9 Å². The molecule has 1 aromatic rings. The molecule has 1 aromatic heterocycles. The number of hydrogen-bond acceptors (Lipinski definition) is 4. The van der Waals surface area contributed by atoms with E-state index in [1.165, 1.54) is 0 Å². The second-order valence-electron chi connectivity index (χ2n) is 4.88. The molecule has 5 heteroatoms. The Hall–Kier alpha value is -1.62. The Labute approximate surface area is 108 Å². The van der Waals surface area contributed by atoms with Crippen molar-refractivity contribution in [1.82, 2.24) is 14.8 Å². The lowest BCUT2D eigenvalue weighted by atomic mass is 10.2. The second kappa shape index (κ2) is 5.35. The number of nitrogens with two attached hydrogens (primary N) is 1. The predicted octanol–water partition coefficient (Wildman–Crippen LogP) is 0.830. The molecule has 2 rings (SSSR count). The highest BCUT2D eigenvalue weighted by Gasteiger charge is 2.24. The molecule has 0 aromatic carbocycles. The summed E-state index contributed by atoms with van der Waals surface area (Å²) in [6.07, 6.45) is 3.15. The fraction of sp³-hybridized carbons (Fsp3) is 0.538. The van der Waals surface area contributed by atoms with Gasteiger partial charge in [-0.05, 0) is 19.9 Å². The number of hydrogen-bond donors (Lipinski definition) is 1. The molecule has 0 atom stereocenters. The number of carbonyl (C=O) groups is 1. The van der Waals surface area contributed by atoms with Gasteiger partial charge in [0.1, 0.15) is 0 Å². The van der Waals surface area contributed by atoms with Crippen molar-refractivity contribution in [2.24, 2.45) is 0 Å². The van der Waals surface area contributed by atoms with Gasteiger partial charge in [-0.25, -0.2) is 0 Å². The Morgan fingerprint density at radius 1 is 1.33 bits per heavy atom. The smallest absolute Gasteiger partial charge is 0.257 e. The first-order chi connectivity index (χ1) is 8.59. The molecule has 1 amide bonds. The number of amides is 1. The molecule has 2 heterocycles. The van der Waals surface area contributed by atoms with E-state index in [9.17, 15) is 4.79 Å². The zero-order valence-electron chi connectivity index (χ0n) is 11.0. The van der Waals surface area contributed by atoms with E-state index in [2.05, 4.69) is 23.7 Å². The van der Waals surface area contributed by atoms with Gasteiger partial charge in [-0.2, -0.15) is 0 Å². The van der Waals surface area contributed by atoms with Gasteiger partial charge in [0, 0.05) is 50.3 Å². The standard InChI is InChI=1S/C13H20N4O/c1-10(2)16-5-7-17(8-6-16)13(18)11-9-15-4-3-12(11)14/h3-4,9-10H,5-8H2,1-2H3,(H2,14,15). The van der Waals surface area contributed by atoms with Crippen LogP contribution in [0.25, 0.3) is 0 Å². The second-order valence-corrected chi connectivity index (χ2v) is 4.88. The van der Waals surface area contributed by atoms with E-state index in [-0.39, 0.29) is 5.91 Å². The van der Waals surface area contributed by atoms with E-state index in [4.69, 9.17) is 5.73 Å². The average molecular weight is 248 g/mol. The van der Waals surface area contributed by atoms with Crippen LogP contribution in [0, 0.1) is 0 Å². The zero-order valence-corrected chi connectivity index (χ0v) is 11.0. The molecule has 0 spiro atoms. The minimum absolute atomic E-state index is 0.0102. The SMILES string of the molecule is CC(C)N1CCN(C(=O)c2cnccc2N)CC1. The summed E-state index contributed by atoms with van der Waals surface area (Å²) < 4.78 is 0. The third-order valence-corrected chi connectivity index (χ3v) is 3.42. The monoisotopic (exact) mass is 248 g/mol. The van der Waals surface area contributed by atoms with E-state index >= 15 is 0 Å². The van der Waals surface area contributed by atoms with E-state index < -0.39 is 0 Å². The van der Waals surface area contributed by atoms with Crippen LogP contribution >= 0.6 is 0 Å². The quantitative estimate of drug-likeness (QED) is 0.842. The number of piperazine rings is 1. The maximum Gasteiger partial charge on any atom is 0.257 e. The predicted molar refractivity (Wildman–Crippen MR) is 71.3 cm³/mol. The number of nitrogens with zero attached hydrogens (tertiary/aromatic N) is 3. The Morgan fingerprint density at radius 2 is 2.00 bits per heavy atom. The highest BCUT2D eigenvalue weighted by molar-refractivity contribution is 5.98. The summed E-state index contributed by atoms with van der Waals surface area (Å²) in [6.45, 7) is 7.71. The van der Waals surface area contributed by atoms with Gasteiger partial charge >= 0.3 is 0 Å². The molecular formula is C13H20N4O. The normalized spacial score (nSPS) is 17.2. The first kappa shape index (κ1) is 12.8. The van der Waals surface area contributed by atoms with Gasteiger partial charge < -0.3 is 10.6 Å². The first-order valence-corrected chi connectivity index (χ1v) is 6.32. The molecule has 0 bridgehead atoms. The van der Waals surface area contributed by atoms with E-state index in [0.29, 0.717) is 17.3 Å². The molecule has 1 aliphatic rings. The van der Waals surface area contributed by atoms with Crippen molar-refractivity contribution >= 4 is 11.6 Å². The van der Waals surface area contributed by atoms with Crippen LogP contribution in [-0.2, 0) is 0 Å². The summed E-state index contributed by atoms with van der Waals surface area (Å²) in [5.74, 6) is -0.0102. The van der Waals surface area contributed by atoms with Gasteiger partial charge in [-0.3, -0.25) is 14.7 Å². The number of rotatable bonds is 2. The van der Waals surface area contributed by atoms with Crippen LogP contribution in [0.1, 0.15) is 24.2 Å². The van der Waals surface area contributed by atoms with Crippen LogP contribution in [0.2, 0.25) is 0 Å². The van der Waals surface area contributed by atoms with Crippen LogP contribution in [0.15, 0.2) is 18.5 Å². The summed E-state index contributed by atoms with van der Waals surface area (Å²) in [5.41, 5.74) is 6.82. The van der Waals surface area contributed by atoms with Crippen LogP contribution < -0.4 is 5.73 Å². The Kier molecular flexibility index (Phi) is 3.81. The first-order valence-electron chi connectivity index (χ1n) is 6.32. The van der Waals surface area contributed by atoms with Crippen LogP contribution in [0.3, 0.4) is 0 Å². The summed E-state index contributed by atoms with van der Waals surface area (Å²) in [7, 11) is 0. The number of aromatic nitrogens is 1. The average Bonchev–Trinajstić information content (AvgIpc) is 2.38. The Morgan fingerprint density at radius 3 is 2.56 bits per heavy atom. The Balaban J connectivity index is 2.02. The molecule has 0 radical (unpaired) electrons. The van der Waals surface area contributed by atoms with Crippen molar-refractivity contribution in [3.05, 3.63) is 24.0 Å². The molecular weight excluding hydrogens is 228 g/mol. The largest absolute Gasteiger partial charge is 0.398 e. The number of pyridine rings is 1. The van der Waals surface area contributed by atoms with Gasteiger partial charge in [0.15, 0.2) is 0 Å². The maximum atomic E-state index is 12.3. The zero-order chi connectivity index (χ0) is 13.1. The van der Waals surface area contributed by atoms with Gasteiger partial charge in [0.25, 0.3) is 5.91 Å². The van der Waals surface area contributed by atoms with Gasteiger partial charge in [0.05, 0.1) is 5.56 Å². The maximum absolute atomic E-state index is 12.3.